The van der Waals surface area contributed by atoms with Gasteiger partial charge in [0.25, 0.3) is 0 Å². The Morgan fingerprint density at radius 3 is 2.82 bits per heavy atom. The highest BCUT2D eigenvalue weighted by molar-refractivity contribution is 7.98. The summed E-state index contributed by atoms with van der Waals surface area (Å²) in [6, 6.07) is 6.84. The molecule has 0 fully saturated rings. The zero-order valence-corrected chi connectivity index (χ0v) is 10.6. The number of hydrogen-bond acceptors (Lipinski definition) is 5. The van der Waals surface area contributed by atoms with Crippen molar-refractivity contribution < 1.29 is 4.74 Å². The Morgan fingerprint density at radius 1 is 1.29 bits per heavy atom. The molecule has 0 saturated carbocycles. The molecule has 1 heterocycles. The molecule has 1 aromatic heterocycles. The molecule has 0 amide bonds. The van der Waals surface area contributed by atoms with E-state index in [1.165, 1.54) is 18.1 Å². The molecule has 0 unspecified atom stereocenters. The molecule has 2 aromatic rings. The van der Waals surface area contributed by atoms with E-state index in [-0.39, 0.29) is 0 Å². The number of nitrogen functional groups attached to an aromatic ring is 1. The average molecular weight is 268 g/mol. The zero-order valence-electron chi connectivity index (χ0n) is 9.05. The monoisotopic (exact) mass is 267 g/mol. The number of nitrogens with two attached hydrogens (primary N) is 1. The SMILES string of the molecule is CSc1cc(Oc2ccc(N)c(Cl)c2)ncn1. The van der Waals surface area contributed by atoms with Crippen LogP contribution in [0.5, 0.6) is 11.6 Å². The largest absolute Gasteiger partial charge is 0.439 e. The number of rotatable bonds is 3. The number of benzene rings is 1. The quantitative estimate of drug-likeness (QED) is 0.526. The van der Waals surface area contributed by atoms with Gasteiger partial charge in [-0.05, 0) is 18.4 Å². The van der Waals surface area contributed by atoms with Crippen LogP contribution in [0.1, 0.15) is 0 Å². The van der Waals surface area contributed by atoms with E-state index in [4.69, 9.17) is 22.1 Å². The number of halogens is 1. The average Bonchev–Trinajstić information content (AvgIpc) is 2.34. The van der Waals surface area contributed by atoms with Crippen LogP contribution >= 0.6 is 23.4 Å². The van der Waals surface area contributed by atoms with Gasteiger partial charge in [-0.3, -0.25) is 0 Å². The van der Waals surface area contributed by atoms with Crippen molar-refractivity contribution in [1.82, 2.24) is 9.97 Å². The van der Waals surface area contributed by atoms with Crippen LogP contribution in [0.3, 0.4) is 0 Å². The molecule has 0 radical (unpaired) electrons. The molecule has 88 valence electrons. The number of anilines is 1. The van der Waals surface area contributed by atoms with Crippen molar-refractivity contribution in [2.24, 2.45) is 0 Å². The lowest BCUT2D eigenvalue weighted by Crippen LogP contribution is -1.91. The van der Waals surface area contributed by atoms with E-state index in [1.807, 2.05) is 6.26 Å². The maximum Gasteiger partial charge on any atom is 0.223 e. The van der Waals surface area contributed by atoms with Gasteiger partial charge in [-0.1, -0.05) is 11.6 Å². The molecule has 1 aromatic carbocycles. The van der Waals surface area contributed by atoms with Gasteiger partial charge >= 0.3 is 0 Å². The Morgan fingerprint density at radius 2 is 2.12 bits per heavy atom. The molecular formula is C11H10ClN3OS. The molecular weight excluding hydrogens is 258 g/mol. The molecule has 0 bridgehead atoms. The molecule has 6 heteroatoms. The minimum Gasteiger partial charge on any atom is -0.439 e. The second-order valence-electron chi connectivity index (χ2n) is 3.18. The summed E-state index contributed by atoms with van der Waals surface area (Å²) in [5.41, 5.74) is 6.13. The first-order valence-electron chi connectivity index (χ1n) is 4.78. The van der Waals surface area contributed by atoms with Crippen molar-refractivity contribution in [1.29, 1.82) is 0 Å². The summed E-state index contributed by atoms with van der Waals surface area (Å²) in [5, 5.41) is 1.30. The summed E-state index contributed by atoms with van der Waals surface area (Å²) in [4.78, 5) is 8.07. The minimum atomic E-state index is 0.460. The fourth-order valence-corrected chi connectivity index (χ4v) is 1.72. The standard InChI is InChI=1S/C11H10ClN3OS/c1-17-11-5-10(14-6-15-11)16-7-2-3-9(13)8(12)4-7/h2-6H,13H2,1H3. The van der Waals surface area contributed by atoms with Gasteiger partial charge in [0.2, 0.25) is 5.88 Å². The van der Waals surface area contributed by atoms with Gasteiger partial charge in [0.05, 0.1) is 10.7 Å². The van der Waals surface area contributed by atoms with Gasteiger partial charge in [-0.15, -0.1) is 11.8 Å². The number of nitrogens with zero attached hydrogens (tertiary/aromatic N) is 2. The van der Waals surface area contributed by atoms with Crippen LogP contribution in [0.25, 0.3) is 0 Å². The topological polar surface area (TPSA) is 61.0 Å². The van der Waals surface area contributed by atoms with Crippen LogP contribution < -0.4 is 10.5 Å². The van der Waals surface area contributed by atoms with Crippen molar-refractivity contribution in [3.05, 3.63) is 35.6 Å². The van der Waals surface area contributed by atoms with Gasteiger partial charge in [0.1, 0.15) is 17.1 Å². The molecule has 0 spiro atoms. The first kappa shape index (κ1) is 12.0. The van der Waals surface area contributed by atoms with Gasteiger partial charge < -0.3 is 10.5 Å². The van der Waals surface area contributed by atoms with E-state index in [2.05, 4.69) is 9.97 Å². The zero-order chi connectivity index (χ0) is 12.3. The molecule has 0 saturated heterocycles. The summed E-state index contributed by atoms with van der Waals surface area (Å²) < 4.78 is 5.55. The third kappa shape index (κ3) is 3.01. The highest BCUT2D eigenvalue weighted by atomic mass is 35.5. The fourth-order valence-electron chi connectivity index (χ4n) is 1.18. The lowest BCUT2D eigenvalue weighted by Gasteiger charge is -2.06. The molecule has 17 heavy (non-hydrogen) atoms. The van der Waals surface area contributed by atoms with E-state index in [9.17, 15) is 0 Å². The van der Waals surface area contributed by atoms with Crippen LogP contribution in [0.4, 0.5) is 5.69 Å². The summed E-state index contributed by atoms with van der Waals surface area (Å²) >= 11 is 7.42. The van der Waals surface area contributed by atoms with Gasteiger partial charge in [0.15, 0.2) is 0 Å². The summed E-state index contributed by atoms with van der Waals surface area (Å²) in [6.45, 7) is 0. The molecule has 2 N–H and O–H groups in total. The fraction of sp³-hybridized carbons (Fsp3) is 0.0909. The van der Waals surface area contributed by atoms with Crippen LogP contribution in [-0.4, -0.2) is 16.2 Å². The summed E-state index contributed by atoms with van der Waals surface area (Å²) in [6.07, 6.45) is 3.40. The Bertz CT molecular complexity index is 536. The van der Waals surface area contributed by atoms with Crippen LogP contribution in [0.15, 0.2) is 35.6 Å². The Hall–Kier alpha value is -1.46. The molecule has 0 aliphatic heterocycles. The van der Waals surface area contributed by atoms with E-state index in [1.54, 1.807) is 24.3 Å². The second kappa shape index (κ2) is 5.25. The van der Waals surface area contributed by atoms with E-state index in [0.29, 0.717) is 22.3 Å². The normalized spacial score (nSPS) is 10.2. The third-order valence-corrected chi connectivity index (χ3v) is 2.99. The van der Waals surface area contributed by atoms with E-state index >= 15 is 0 Å². The second-order valence-corrected chi connectivity index (χ2v) is 4.42. The molecule has 2 rings (SSSR count). The maximum absolute atomic E-state index is 5.90. The minimum absolute atomic E-state index is 0.460. The molecule has 4 nitrogen and oxygen atoms in total. The van der Waals surface area contributed by atoms with Crippen molar-refractivity contribution in [2.75, 3.05) is 12.0 Å². The first-order valence-corrected chi connectivity index (χ1v) is 6.38. The van der Waals surface area contributed by atoms with Crippen LogP contribution in [0, 0.1) is 0 Å². The smallest absolute Gasteiger partial charge is 0.223 e. The summed E-state index contributed by atoms with van der Waals surface area (Å²) in [5.74, 6) is 1.07. The third-order valence-electron chi connectivity index (χ3n) is 2.02. The Balaban J connectivity index is 2.22. The Kier molecular flexibility index (Phi) is 3.71. The van der Waals surface area contributed by atoms with Crippen molar-refractivity contribution >= 4 is 29.1 Å². The lowest BCUT2D eigenvalue weighted by molar-refractivity contribution is 0.459. The summed E-state index contributed by atoms with van der Waals surface area (Å²) in [7, 11) is 0. The number of ether oxygens (including phenoxy) is 1. The van der Waals surface area contributed by atoms with E-state index in [0.717, 1.165) is 5.03 Å². The highest BCUT2D eigenvalue weighted by Gasteiger charge is 2.03. The number of thioether (sulfide) groups is 1. The lowest BCUT2D eigenvalue weighted by atomic mass is 10.3. The maximum atomic E-state index is 5.90. The van der Waals surface area contributed by atoms with Crippen LogP contribution in [0.2, 0.25) is 5.02 Å². The van der Waals surface area contributed by atoms with Gasteiger partial charge in [0, 0.05) is 12.1 Å². The number of aromatic nitrogens is 2. The van der Waals surface area contributed by atoms with Crippen molar-refractivity contribution in [2.45, 2.75) is 5.03 Å². The Labute approximate surface area is 108 Å². The first-order chi connectivity index (χ1) is 8.19. The van der Waals surface area contributed by atoms with Gasteiger partial charge in [-0.2, -0.15) is 0 Å². The van der Waals surface area contributed by atoms with E-state index < -0.39 is 0 Å². The number of hydrogen-bond donors (Lipinski definition) is 1. The molecule has 0 aliphatic rings. The van der Waals surface area contributed by atoms with Crippen LogP contribution in [-0.2, 0) is 0 Å². The predicted octanol–water partition coefficient (Wildman–Crippen LogP) is 3.23. The van der Waals surface area contributed by atoms with Gasteiger partial charge in [-0.25, -0.2) is 9.97 Å². The van der Waals surface area contributed by atoms with Crippen molar-refractivity contribution in [3.63, 3.8) is 0 Å². The van der Waals surface area contributed by atoms with Crippen molar-refractivity contribution in [3.8, 4) is 11.6 Å². The molecule has 0 aliphatic carbocycles. The predicted molar refractivity (Wildman–Crippen MR) is 69.8 cm³/mol. The highest BCUT2D eigenvalue weighted by Crippen LogP contribution is 2.27. The molecule has 0 atom stereocenters.